The van der Waals surface area contributed by atoms with E-state index in [9.17, 15) is 18.4 Å². The third-order valence-electron chi connectivity index (χ3n) is 3.75. The zero-order chi connectivity index (χ0) is 19.4. The highest BCUT2D eigenvalue weighted by Crippen LogP contribution is 2.21. The lowest BCUT2D eigenvalue weighted by Crippen LogP contribution is -2.16. The monoisotopic (exact) mass is 367 g/mol. The average Bonchev–Trinajstić information content (AvgIpc) is 2.65. The first-order chi connectivity index (χ1) is 12.9. The summed E-state index contributed by atoms with van der Waals surface area (Å²) in [4.78, 5) is 27.7. The van der Waals surface area contributed by atoms with Gasteiger partial charge in [-0.3, -0.25) is 14.6 Å². The number of benzene rings is 2. The van der Waals surface area contributed by atoms with Crippen LogP contribution in [0.5, 0.6) is 0 Å². The summed E-state index contributed by atoms with van der Waals surface area (Å²) in [5.74, 6) is -2.57. The molecule has 3 rings (SSSR count). The quantitative estimate of drug-likeness (QED) is 0.649. The summed E-state index contributed by atoms with van der Waals surface area (Å²) in [6.07, 6.45) is 1.39. The van der Waals surface area contributed by atoms with Crippen molar-refractivity contribution < 1.29 is 18.4 Å². The number of nitrogens with one attached hydrogen (secondary N) is 2. The zero-order valence-electron chi connectivity index (χ0n) is 14.3. The predicted octanol–water partition coefficient (Wildman–Crippen LogP) is 4.56. The Balaban J connectivity index is 1.80. The van der Waals surface area contributed by atoms with Crippen LogP contribution in [-0.2, 0) is 0 Å². The second-order valence-electron chi connectivity index (χ2n) is 5.74. The lowest BCUT2D eigenvalue weighted by molar-refractivity contribution is 0.101. The SMILES string of the molecule is CC(=O)c1cccc(Nc2ccnc(C(=O)Nc3c(F)cccc3F)c2)c1. The van der Waals surface area contributed by atoms with Gasteiger partial charge in [-0.25, -0.2) is 8.78 Å². The number of hydrogen-bond donors (Lipinski definition) is 2. The van der Waals surface area contributed by atoms with Gasteiger partial charge in [0.05, 0.1) is 0 Å². The summed E-state index contributed by atoms with van der Waals surface area (Å²) in [7, 11) is 0. The summed E-state index contributed by atoms with van der Waals surface area (Å²) in [5.41, 5.74) is 1.18. The standard InChI is InChI=1S/C20H15F2N3O2/c1-12(26)13-4-2-5-14(10-13)24-15-8-9-23-18(11-15)20(27)25-19-16(21)6-3-7-17(19)22/h2-11H,1H3,(H,23,24)(H,25,27). The number of ketones is 1. The molecule has 7 heteroatoms. The van der Waals surface area contributed by atoms with Crippen LogP contribution in [-0.4, -0.2) is 16.7 Å². The number of rotatable bonds is 5. The summed E-state index contributed by atoms with van der Waals surface area (Å²) >= 11 is 0. The van der Waals surface area contributed by atoms with Crippen molar-refractivity contribution in [1.29, 1.82) is 0 Å². The van der Waals surface area contributed by atoms with Gasteiger partial charge in [-0.05, 0) is 43.3 Å². The molecule has 0 unspecified atom stereocenters. The smallest absolute Gasteiger partial charge is 0.274 e. The third-order valence-corrected chi connectivity index (χ3v) is 3.75. The van der Waals surface area contributed by atoms with E-state index in [1.54, 1.807) is 30.3 Å². The van der Waals surface area contributed by atoms with E-state index in [0.717, 1.165) is 12.1 Å². The van der Waals surface area contributed by atoms with Gasteiger partial charge in [-0.15, -0.1) is 0 Å². The molecule has 1 aromatic heterocycles. The number of nitrogens with zero attached hydrogens (tertiary/aromatic N) is 1. The summed E-state index contributed by atoms with van der Waals surface area (Å²) in [5, 5.41) is 5.25. The first kappa shape index (κ1) is 18.2. The van der Waals surface area contributed by atoms with Crippen LogP contribution in [0.4, 0.5) is 25.8 Å². The van der Waals surface area contributed by atoms with E-state index in [0.29, 0.717) is 16.9 Å². The number of amides is 1. The maximum Gasteiger partial charge on any atom is 0.274 e. The van der Waals surface area contributed by atoms with Crippen molar-refractivity contribution in [3.8, 4) is 0 Å². The van der Waals surface area contributed by atoms with Gasteiger partial charge in [0.2, 0.25) is 0 Å². The maximum absolute atomic E-state index is 13.7. The van der Waals surface area contributed by atoms with E-state index < -0.39 is 23.2 Å². The van der Waals surface area contributed by atoms with Crippen molar-refractivity contribution in [1.82, 2.24) is 4.98 Å². The van der Waals surface area contributed by atoms with E-state index in [2.05, 4.69) is 15.6 Å². The molecule has 0 aliphatic rings. The zero-order valence-corrected chi connectivity index (χ0v) is 14.3. The molecular weight excluding hydrogens is 352 g/mol. The lowest BCUT2D eigenvalue weighted by Gasteiger charge is -2.10. The minimum absolute atomic E-state index is 0.0228. The van der Waals surface area contributed by atoms with Gasteiger partial charge in [0.25, 0.3) is 5.91 Å². The van der Waals surface area contributed by atoms with Crippen LogP contribution < -0.4 is 10.6 Å². The Morgan fingerprint density at radius 3 is 2.30 bits per heavy atom. The van der Waals surface area contributed by atoms with Crippen LogP contribution in [0, 0.1) is 11.6 Å². The number of Topliss-reactive ketones (excluding diaryl/α,β-unsaturated/α-hetero) is 1. The van der Waals surface area contributed by atoms with Crippen molar-refractivity contribution in [2.45, 2.75) is 6.92 Å². The molecule has 0 atom stereocenters. The fourth-order valence-electron chi connectivity index (χ4n) is 2.41. The molecule has 0 radical (unpaired) electrons. The molecule has 5 nitrogen and oxygen atoms in total. The summed E-state index contributed by atoms with van der Waals surface area (Å²) in [6.45, 7) is 1.47. The highest BCUT2D eigenvalue weighted by atomic mass is 19.1. The first-order valence-corrected chi connectivity index (χ1v) is 8.03. The number of halogens is 2. The van der Waals surface area contributed by atoms with Gasteiger partial charge in [0.1, 0.15) is 23.0 Å². The molecule has 1 heterocycles. The van der Waals surface area contributed by atoms with Gasteiger partial charge in [-0.1, -0.05) is 18.2 Å². The predicted molar refractivity (Wildman–Crippen MR) is 98.3 cm³/mol. The van der Waals surface area contributed by atoms with Crippen molar-refractivity contribution in [2.24, 2.45) is 0 Å². The number of anilines is 3. The van der Waals surface area contributed by atoms with Crippen LogP contribution in [0.25, 0.3) is 0 Å². The molecule has 0 aliphatic carbocycles. The molecule has 0 fully saturated rings. The average molecular weight is 367 g/mol. The van der Waals surface area contributed by atoms with Gasteiger partial charge in [0.15, 0.2) is 5.78 Å². The van der Waals surface area contributed by atoms with Gasteiger partial charge in [-0.2, -0.15) is 0 Å². The molecule has 0 bridgehead atoms. The minimum Gasteiger partial charge on any atom is -0.355 e. The van der Waals surface area contributed by atoms with Gasteiger partial charge in [0, 0.05) is 23.1 Å². The molecule has 0 aliphatic heterocycles. The second kappa shape index (κ2) is 7.74. The molecule has 1 amide bonds. The molecule has 0 spiro atoms. The maximum atomic E-state index is 13.7. The Kier molecular flexibility index (Phi) is 5.21. The number of pyridine rings is 1. The fourth-order valence-corrected chi connectivity index (χ4v) is 2.41. The van der Waals surface area contributed by atoms with Crippen molar-refractivity contribution in [2.75, 3.05) is 10.6 Å². The van der Waals surface area contributed by atoms with Crippen LogP contribution >= 0.6 is 0 Å². The number of carbonyl (C=O) groups excluding carboxylic acids is 2. The van der Waals surface area contributed by atoms with Crippen molar-refractivity contribution in [3.05, 3.63) is 83.7 Å². The van der Waals surface area contributed by atoms with E-state index in [1.807, 2.05) is 0 Å². The largest absolute Gasteiger partial charge is 0.355 e. The fraction of sp³-hybridized carbons (Fsp3) is 0.0500. The first-order valence-electron chi connectivity index (χ1n) is 8.03. The lowest BCUT2D eigenvalue weighted by atomic mass is 10.1. The molecule has 2 aromatic carbocycles. The molecule has 0 saturated heterocycles. The van der Waals surface area contributed by atoms with Gasteiger partial charge < -0.3 is 10.6 Å². The number of carbonyl (C=O) groups is 2. The van der Waals surface area contributed by atoms with E-state index in [1.165, 1.54) is 25.3 Å². The Bertz CT molecular complexity index is 1000. The Morgan fingerprint density at radius 1 is 0.926 bits per heavy atom. The van der Waals surface area contributed by atoms with E-state index >= 15 is 0 Å². The summed E-state index contributed by atoms with van der Waals surface area (Å²) < 4.78 is 27.4. The highest BCUT2D eigenvalue weighted by Gasteiger charge is 2.14. The van der Waals surface area contributed by atoms with Crippen molar-refractivity contribution in [3.63, 3.8) is 0 Å². The van der Waals surface area contributed by atoms with Crippen LogP contribution in [0.3, 0.4) is 0 Å². The molecular formula is C20H15F2N3O2. The number of hydrogen-bond acceptors (Lipinski definition) is 4. The second-order valence-corrected chi connectivity index (χ2v) is 5.74. The third kappa shape index (κ3) is 4.33. The molecule has 3 aromatic rings. The molecule has 27 heavy (non-hydrogen) atoms. The van der Waals surface area contributed by atoms with E-state index in [-0.39, 0.29) is 11.5 Å². The molecule has 0 saturated carbocycles. The van der Waals surface area contributed by atoms with Crippen LogP contribution in [0.1, 0.15) is 27.8 Å². The Labute approximate surface area is 154 Å². The van der Waals surface area contributed by atoms with Crippen LogP contribution in [0.15, 0.2) is 60.8 Å². The van der Waals surface area contributed by atoms with Crippen LogP contribution in [0.2, 0.25) is 0 Å². The Morgan fingerprint density at radius 2 is 1.59 bits per heavy atom. The molecule has 2 N–H and O–H groups in total. The summed E-state index contributed by atoms with van der Waals surface area (Å²) in [6, 6.07) is 13.2. The normalized spacial score (nSPS) is 10.3. The highest BCUT2D eigenvalue weighted by molar-refractivity contribution is 6.03. The number of para-hydroxylation sites is 1. The number of aromatic nitrogens is 1. The Hall–Kier alpha value is -3.61. The topological polar surface area (TPSA) is 71.1 Å². The van der Waals surface area contributed by atoms with Crippen molar-refractivity contribution >= 4 is 28.8 Å². The van der Waals surface area contributed by atoms with Gasteiger partial charge >= 0.3 is 0 Å². The van der Waals surface area contributed by atoms with E-state index in [4.69, 9.17) is 0 Å². The minimum atomic E-state index is -0.876. The molecule has 136 valence electrons.